The highest BCUT2D eigenvalue weighted by molar-refractivity contribution is 14.0. The smallest absolute Gasteiger partial charge is 0.489 e. The van der Waals surface area contributed by atoms with E-state index in [1.165, 1.54) is 0 Å². The van der Waals surface area contributed by atoms with Crippen LogP contribution in [0.4, 0.5) is 13.2 Å². The third-order valence-corrected chi connectivity index (χ3v) is 6.26. The molecule has 1 saturated heterocycles. The molecule has 0 spiro atoms. The normalized spacial score (nSPS) is 17.7. The lowest BCUT2D eigenvalue weighted by molar-refractivity contribution is -0.0496. The van der Waals surface area contributed by atoms with Gasteiger partial charge in [0.25, 0.3) is 0 Å². The lowest BCUT2D eigenvalue weighted by Gasteiger charge is -2.31. The Morgan fingerprint density at radius 1 is 1.23 bits per heavy atom. The summed E-state index contributed by atoms with van der Waals surface area (Å²) in [6.45, 7) is 2.65. The van der Waals surface area contributed by atoms with Crippen molar-refractivity contribution in [1.82, 2.24) is 14.9 Å². The van der Waals surface area contributed by atoms with Crippen molar-refractivity contribution in [2.24, 2.45) is 10.9 Å². The number of hydrogen-bond donors (Lipinski definition) is 2. The maximum atomic E-state index is 12.6. The van der Waals surface area contributed by atoms with Crippen molar-refractivity contribution in [1.29, 1.82) is 0 Å². The number of para-hydroxylation sites is 1. The zero-order valence-corrected chi connectivity index (χ0v) is 20.0. The molecule has 1 aliphatic rings. The summed E-state index contributed by atoms with van der Waals surface area (Å²) in [7, 11) is -3.62. The van der Waals surface area contributed by atoms with Gasteiger partial charge in [-0.2, -0.15) is 17.5 Å². The first-order valence-corrected chi connectivity index (χ1v) is 10.8. The molecule has 1 aromatic carbocycles. The van der Waals surface area contributed by atoms with Crippen LogP contribution in [0.3, 0.4) is 0 Å². The van der Waals surface area contributed by atoms with Crippen molar-refractivity contribution in [3.8, 4) is 5.75 Å². The molecule has 0 aromatic heterocycles. The Bertz CT molecular complexity index is 771. The SMILES string of the molecule is CN=C(NCC1CCN(S(=O)(=O)C(F)(F)F)CC1)NCC(C)Oc1ccccc1.I. The average Bonchev–Trinajstić information content (AvgIpc) is 2.68. The Labute approximate surface area is 192 Å². The number of aliphatic imine (C=N–C) groups is 1. The first-order valence-electron chi connectivity index (χ1n) is 9.36. The topological polar surface area (TPSA) is 83.0 Å². The lowest BCUT2D eigenvalue weighted by atomic mass is 9.98. The van der Waals surface area contributed by atoms with E-state index in [-0.39, 0.29) is 49.1 Å². The first kappa shape index (κ1) is 26.8. The maximum Gasteiger partial charge on any atom is 0.511 e. The Morgan fingerprint density at radius 3 is 2.37 bits per heavy atom. The zero-order valence-electron chi connectivity index (χ0n) is 16.9. The summed E-state index contributed by atoms with van der Waals surface area (Å²) in [6.07, 6.45) is 0.603. The van der Waals surface area contributed by atoms with Crippen LogP contribution in [0.1, 0.15) is 19.8 Å². The summed E-state index contributed by atoms with van der Waals surface area (Å²) in [5, 5.41) is 6.28. The molecule has 12 heteroatoms. The molecule has 0 amide bonds. The molecule has 0 bridgehead atoms. The number of piperidine rings is 1. The number of nitrogens with one attached hydrogen (secondary N) is 2. The summed E-state index contributed by atoms with van der Waals surface area (Å²) >= 11 is 0. The van der Waals surface area contributed by atoms with Crippen LogP contribution in [0.5, 0.6) is 5.75 Å². The van der Waals surface area contributed by atoms with Crippen molar-refractivity contribution in [2.45, 2.75) is 31.4 Å². The van der Waals surface area contributed by atoms with Crippen molar-refractivity contribution < 1.29 is 26.3 Å². The van der Waals surface area contributed by atoms with Gasteiger partial charge in [-0.15, -0.1) is 24.0 Å². The van der Waals surface area contributed by atoms with Gasteiger partial charge in [0, 0.05) is 26.7 Å². The Balaban J connectivity index is 0.00000450. The van der Waals surface area contributed by atoms with Crippen LogP contribution >= 0.6 is 24.0 Å². The predicted molar refractivity (Wildman–Crippen MR) is 121 cm³/mol. The molecule has 7 nitrogen and oxygen atoms in total. The van der Waals surface area contributed by atoms with E-state index in [2.05, 4.69) is 15.6 Å². The minimum absolute atomic E-state index is 0. The molecule has 1 atom stereocenters. The molecule has 1 fully saturated rings. The zero-order chi connectivity index (χ0) is 21.5. The minimum Gasteiger partial charge on any atom is -0.489 e. The predicted octanol–water partition coefficient (Wildman–Crippen LogP) is 2.80. The van der Waals surface area contributed by atoms with E-state index >= 15 is 0 Å². The van der Waals surface area contributed by atoms with Crippen molar-refractivity contribution in [2.75, 3.05) is 33.2 Å². The highest BCUT2D eigenvalue weighted by atomic mass is 127. The first-order chi connectivity index (χ1) is 13.6. The number of hydrogen-bond acceptors (Lipinski definition) is 4. The van der Waals surface area contributed by atoms with E-state index in [9.17, 15) is 21.6 Å². The van der Waals surface area contributed by atoms with E-state index in [4.69, 9.17) is 4.74 Å². The molecular weight excluding hydrogens is 536 g/mol. The molecular formula is C18H28F3IN4O3S. The largest absolute Gasteiger partial charge is 0.511 e. The summed E-state index contributed by atoms with van der Waals surface area (Å²) in [5.41, 5.74) is -5.25. The summed E-state index contributed by atoms with van der Waals surface area (Å²) in [5.74, 6) is 1.38. The van der Waals surface area contributed by atoms with Crippen molar-refractivity contribution in [3.05, 3.63) is 30.3 Å². The highest BCUT2D eigenvalue weighted by Crippen LogP contribution is 2.30. The van der Waals surface area contributed by atoms with Gasteiger partial charge in [-0.05, 0) is 37.8 Å². The number of guanidine groups is 1. The second-order valence-electron chi connectivity index (χ2n) is 6.87. The van der Waals surface area contributed by atoms with Gasteiger partial charge in [0.1, 0.15) is 11.9 Å². The monoisotopic (exact) mass is 564 g/mol. The van der Waals surface area contributed by atoms with Gasteiger partial charge in [-0.25, -0.2) is 8.42 Å². The Morgan fingerprint density at radius 2 is 1.83 bits per heavy atom. The molecule has 1 unspecified atom stereocenters. The van der Waals surface area contributed by atoms with Gasteiger partial charge in [-0.3, -0.25) is 4.99 Å². The fraction of sp³-hybridized carbons (Fsp3) is 0.611. The third kappa shape index (κ3) is 7.76. The summed E-state index contributed by atoms with van der Waals surface area (Å²) in [6, 6.07) is 9.43. The molecule has 0 aliphatic carbocycles. The molecule has 1 aromatic rings. The average molecular weight is 564 g/mol. The molecule has 2 N–H and O–H groups in total. The fourth-order valence-corrected chi connectivity index (χ4v) is 3.96. The molecule has 0 radical (unpaired) electrons. The summed E-state index contributed by atoms with van der Waals surface area (Å²) < 4.78 is 67.1. The van der Waals surface area contributed by atoms with Gasteiger partial charge in [-0.1, -0.05) is 18.2 Å². The van der Waals surface area contributed by atoms with E-state index in [0.717, 1.165) is 5.75 Å². The molecule has 0 saturated carbocycles. The fourth-order valence-electron chi connectivity index (χ4n) is 2.98. The van der Waals surface area contributed by atoms with Gasteiger partial charge in [0.05, 0.1) is 6.54 Å². The van der Waals surface area contributed by atoms with Crippen LogP contribution in [0.2, 0.25) is 0 Å². The van der Waals surface area contributed by atoms with Gasteiger partial charge < -0.3 is 15.4 Å². The van der Waals surface area contributed by atoms with Gasteiger partial charge in [0.15, 0.2) is 5.96 Å². The number of benzene rings is 1. The molecule has 1 heterocycles. The number of rotatable bonds is 7. The van der Waals surface area contributed by atoms with Crippen LogP contribution < -0.4 is 15.4 Å². The number of halogens is 4. The van der Waals surface area contributed by atoms with E-state index in [0.29, 0.717) is 36.2 Å². The molecule has 1 aliphatic heterocycles. The quantitative estimate of drug-likeness (QED) is 0.303. The van der Waals surface area contributed by atoms with Crippen LogP contribution in [0.25, 0.3) is 0 Å². The van der Waals surface area contributed by atoms with Crippen molar-refractivity contribution >= 4 is 40.0 Å². The standard InChI is InChI=1S/C18H27F3N4O3S.HI/c1-14(28-16-6-4-3-5-7-16)12-23-17(22-2)24-13-15-8-10-25(11-9-15)29(26,27)18(19,20)21;/h3-7,14-15H,8-13H2,1-2H3,(H2,22,23,24);1H. The second-order valence-corrected chi connectivity index (χ2v) is 8.80. The number of alkyl halides is 3. The van der Waals surface area contributed by atoms with E-state index in [1.54, 1.807) is 7.05 Å². The van der Waals surface area contributed by atoms with E-state index in [1.807, 2.05) is 37.3 Å². The van der Waals surface area contributed by atoms with Gasteiger partial charge in [0.2, 0.25) is 0 Å². The minimum atomic E-state index is -5.25. The van der Waals surface area contributed by atoms with Gasteiger partial charge >= 0.3 is 15.5 Å². The van der Waals surface area contributed by atoms with Crippen LogP contribution in [0, 0.1) is 5.92 Å². The molecule has 2 rings (SSSR count). The van der Waals surface area contributed by atoms with Crippen LogP contribution in [0.15, 0.2) is 35.3 Å². The van der Waals surface area contributed by atoms with Crippen molar-refractivity contribution in [3.63, 3.8) is 0 Å². The van der Waals surface area contributed by atoms with Crippen LogP contribution in [-0.2, 0) is 10.0 Å². The van der Waals surface area contributed by atoms with E-state index < -0.39 is 15.5 Å². The Kier molecular flexibility index (Phi) is 10.6. The second kappa shape index (κ2) is 11.9. The molecule has 30 heavy (non-hydrogen) atoms. The maximum absolute atomic E-state index is 12.6. The third-order valence-electron chi connectivity index (χ3n) is 4.63. The highest BCUT2D eigenvalue weighted by Gasteiger charge is 2.50. The molecule has 172 valence electrons. The number of nitrogens with zero attached hydrogens (tertiary/aromatic N) is 2. The number of ether oxygens (including phenoxy) is 1. The number of sulfonamides is 1. The van der Waals surface area contributed by atoms with Crippen LogP contribution in [-0.4, -0.2) is 63.5 Å². The Hall–Kier alpha value is -1.28. The summed E-state index contributed by atoms with van der Waals surface area (Å²) in [4.78, 5) is 4.12. The lowest BCUT2D eigenvalue weighted by Crippen LogP contribution is -2.47.